The number of benzene rings is 2. The maximum atomic E-state index is 12.9. The van der Waals surface area contributed by atoms with Crippen LogP contribution in [0.3, 0.4) is 0 Å². The van der Waals surface area contributed by atoms with Crippen LogP contribution in [0.4, 0.5) is 13.2 Å². The van der Waals surface area contributed by atoms with E-state index < -0.39 is 12.1 Å². The summed E-state index contributed by atoms with van der Waals surface area (Å²) < 4.78 is 43.8. The molecule has 0 bridgehead atoms. The zero-order valence-corrected chi connectivity index (χ0v) is 11.7. The molecule has 2 aromatic carbocycles. The molecule has 1 heterocycles. The molecule has 0 radical (unpaired) electrons. The van der Waals surface area contributed by atoms with Gasteiger partial charge >= 0.3 is 12.1 Å². The smallest absolute Gasteiger partial charge is 0.432 e. The number of nitrogens with zero attached hydrogens (tertiary/aromatic N) is 1. The standard InChI is InChI=1S/C17H12F3NO/c1-11-7-9-12(10-8-11)14-15(13-5-3-2-4-6-13)22-16(21-14)17(18,19)20/h2-10H,1H3. The van der Waals surface area contributed by atoms with E-state index in [1.807, 2.05) is 19.1 Å². The molecular formula is C17H12F3NO. The maximum Gasteiger partial charge on any atom is 0.468 e. The summed E-state index contributed by atoms with van der Waals surface area (Å²) in [7, 11) is 0. The van der Waals surface area contributed by atoms with Crippen LogP contribution in [0.1, 0.15) is 11.5 Å². The summed E-state index contributed by atoms with van der Waals surface area (Å²) in [6.07, 6.45) is -4.62. The van der Waals surface area contributed by atoms with Gasteiger partial charge in [0.15, 0.2) is 5.76 Å². The van der Waals surface area contributed by atoms with Crippen molar-refractivity contribution in [3.8, 4) is 22.6 Å². The maximum absolute atomic E-state index is 12.9. The number of alkyl halides is 3. The van der Waals surface area contributed by atoms with E-state index in [-0.39, 0.29) is 11.5 Å². The number of halogens is 3. The molecule has 0 fully saturated rings. The van der Waals surface area contributed by atoms with E-state index in [0.717, 1.165) is 5.56 Å². The molecule has 0 atom stereocenters. The lowest BCUT2D eigenvalue weighted by atomic mass is 10.0. The number of aryl methyl sites for hydroxylation is 1. The van der Waals surface area contributed by atoms with Crippen molar-refractivity contribution in [1.29, 1.82) is 0 Å². The Hall–Kier alpha value is -2.56. The lowest BCUT2D eigenvalue weighted by Crippen LogP contribution is -2.04. The first-order chi connectivity index (χ1) is 10.4. The fraction of sp³-hybridized carbons (Fsp3) is 0.118. The van der Waals surface area contributed by atoms with Gasteiger partial charge in [0, 0.05) is 11.1 Å². The van der Waals surface area contributed by atoms with Crippen molar-refractivity contribution in [3.05, 3.63) is 66.1 Å². The van der Waals surface area contributed by atoms with Crippen molar-refractivity contribution >= 4 is 0 Å². The molecule has 3 rings (SSSR count). The highest BCUT2D eigenvalue weighted by Gasteiger charge is 2.38. The molecule has 5 heteroatoms. The average molecular weight is 303 g/mol. The van der Waals surface area contributed by atoms with Gasteiger partial charge in [-0.25, -0.2) is 4.98 Å². The Kier molecular flexibility index (Phi) is 3.48. The van der Waals surface area contributed by atoms with Crippen LogP contribution >= 0.6 is 0 Å². The van der Waals surface area contributed by atoms with Gasteiger partial charge < -0.3 is 4.42 Å². The molecule has 22 heavy (non-hydrogen) atoms. The summed E-state index contributed by atoms with van der Waals surface area (Å²) in [5.41, 5.74) is 2.35. The Labute approximate surface area is 125 Å². The van der Waals surface area contributed by atoms with Gasteiger partial charge in [0.05, 0.1) is 0 Å². The van der Waals surface area contributed by atoms with E-state index in [1.54, 1.807) is 42.5 Å². The van der Waals surface area contributed by atoms with E-state index in [4.69, 9.17) is 4.42 Å². The summed E-state index contributed by atoms with van der Waals surface area (Å²) >= 11 is 0. The van der Waals surface area contributed by atoms with Gasteiger partial charge in [-0.15, -0.1) is 0 Å². The molecule has 0 saturated carbocycles. The van der Waals surface area contributed by atoms with Crippen molar-refractivity contribution in [2.45, 2.75) is 13.1 Å². The summed E-state index contributed by atoms with van der Waals surface area (Å²) in [6.45, 7) is 1.91. The Morgan fingerprint density at radius 1 is 0.864 bits per heavy atom. The molecule has 1 aromatic heterocycles. The van der Waals surface area contributed by atoms with Gasteiger partial charge in [-0.3, -0.25) is 0 Å². The molecule has 0 aliphatic carbocycles. The first-order valence-electron chi connectivity index (χ1n) is 6.65. The van der Waals surface area contributed by atoms with Gasteiger partial charge in [-0.05, 0) is 6.92 Å². The van der Waals surface area contributed by atoms with Crippen LogP contribution in [0.5, 0.6) is 0 Å². The minimum Gasteiger partial charge on any atom is -0.432 e. The third kappa shape index (κ3) is 2.74. The van der Waals surface area contributed by atoms with E-state index in [1.165, 1.54) is 0 Å². The Balaban J connectivity index is 2.19. The SMILES string of the molecule is Cc1ccc(-c2nc(C(F)(F)F)oc2-c2ccccc2)cc1. The first-order valence-corrected chi connectivity index (χ1v) is 6.65. The van der Waals surface area contributed by atoms with E-state index in [9.17, 15) is 13.2 Å². The third-order valence-electron chi connectivity index (χ3n) is 3.23. The summed E-state index contributed by atoms with van der Waals surface area (Å²) in [5, 5.41) is 0. The van der Waals surface area contributed by atoms with E-state index in [2.05, 4.69) is 4.98 Å². The van der Waals surface area contributed by atoms with Crippen molar-refractivity contribution in [3.63, 3.8) is 0 Å². The molecule has 3 aromatic rings. The van der Waals surface area contributed by atoms with Crippen LogP contribution in [0.2, 0.25) is 0 Å². The molecule has 0 aliphatic rings. The topological polar surface area (TPSA) is 26.0 Å². The fourth-order valence-electron chi connectivity index (χ4n) is 2.13. The zero-order chi connectivity index (χ0) is 15.7. The largest absolute Gasteiger partial charge is 0.468 e. The molecule has 0 aliphatic heterocycles. The first kappa shape index (κ1) is 14.4. The Morgan fingerprint density at radius 3 is 2.09 bits per heavy atom. The van der Waals surface area contributed by atoms with Gasteiger partial charge in [-0.1, -0.05) is 60.2 Å². The number of oxazole rings is 1. The second-order valence-corrected chi connectivity index (χ2v) is 4.93. The van der Waals surface area contributed by atoms with Crippen molar-refractivity contribution in [1.82, 2.24) is 4.98 Å². The zero-order valence-electron chi connectivity index (χ0n) is 11.7. The van der Waals surface area contributed by atoms with Gasteiger partial charge in [0.25, 0.3) is 0 Å². The third-order valence-corrected chi connectivity index (χ3v) is 3.23. The second kappa shape index (κ2) is 5.33. The summed E-state index contributed by atoms with van der Waals surface area (Å²) in [4.78, 5) is 3.67. The predicted octanol–water partition coefficient (Wildman–Crippen LogP) is 5.34. The Bertz CT molecular complexity index is 774. The van der Waals surface area contributed by atoms with Crippen molar-refractivity contribution < 1.29 is 17.6 Å². The van der Waals surface area contributed by atoms with Crippen LogP contribution in [0.25, 0.3) is 22.6 Å². The average Bonchev–Trinajstić information content (AvgIpc) is 2.94. The number of hydrogen-bond donors (Lipinski definition) is 0. The highest BCUT2D eigenvalue weighted by atomic mass is 19.4. The van der Waals surface area contributed by atoms with E-state index in [0.29, 0.717) is 11.1 Å². The highest BCUT2D eigenvalue weighted by molar-refractivity contribution is 5.76. The highest BCUT2D eigenvalue weighted by Crippen LogP contribution is 2.38. The van der Waals surface area contributed by atoms with Crippen LogP contribution < -0.4 is 0 Å². The molecule has 0 unspecified atom stereocenters. The summed E-state index contributed by atoms with van der Waals surface area (Å²) in [6, 6.07) is 15.8. The van der Waals surface area contributed by atoms with Gasteiger partial charge in [0.2, 0.25) is 0 Å². The number of aromatic nitrogens is 1. The number of hydrogen-bond acceptors (Lipinski definition) is 2. The second-order valence-electron chi connectivity index (χ2n) is 4.93. The molecule has 0 N–H and O–H groups in total. The van der Waals surface area contributed by atoms with Crippen LogP contribution in [0, 0.1) is 6.92 Å². The monoisotopic (exact) mass is 303 g/mol. The van der Waals surface area contributed by atoms with Crippen molar-refractivity contribution in [2.75, 3.05) is 0 Å². The molecule has 0 spiro atoms. The van der Waals surface area contributed by atoms with Crippen LogP contribution in [-0.2, 0) is 6.18 Å². The molecule has 0 saturated heterocycles. The van der Waals surface area contributed by atoms with E-state index >= 15 is 0 Å². The van der Waals surface area contributed by atoms with Crippen LogP contribution in [0.15, 0.2) is 59.0 Å². The van der Waals surface area contributed by atoms with Gasteiger partial charge in [-0.2, -0.15) is 13.2 Å². The molecule has 2 nitrogen and oxygen atoms in total. The lowest BCUT2D eigenvalue weighted by molar-refractivity contribution is -0.156. The normalized spacial score (nSPS) is 11.6. The molecule has 0 amide bonds. The summed E-state index contributed by atoms with van der Waals surface area (Å²) in [5.74, 6) is -1.11. The number of rotatable bonds is 2. The minimum absolute atomic E-state index is 0.122. The van der Waals surface area contributed by atoms with Gasteiger partial charge in [0.1, 0.15) is 5.69 Å². The fourth-order valence-corrected chi connectivity index (χ4v) is 2.13. The Morgan fingerprint density at radius 2 is 1.50 bits per heavy atom. The quantitative estimate of drug-likeness (QED) is 0.639. The lowest BCUT2D eigenvalue weighted by Gasteiger charge is -2.02. The molecule has 112 valence electrons. The van der Waals surface area contributed by atoms with Crippen LogP contribution in [-0.4, -0.2) is 4.98 Å². The minimum atomic E-state index is -4.62. The predicted molar refractivity (Wildman–Crippen MR) is 77.1 cm³/mol. The molecular weight excluding hydrogens is 291 g/mol. The van der Waals surface area contributed by atoms with Crippen molar-refractivity contribution in [2.24, 2.45) is 0 Å².